The molecule has 0 aliphatic rings. The minimum atomic E-state index is -0.408. The van der Waals surface area contributed by atoms with Crippen molar-refractivity contribution >= 4 is 5.91 Å². The lowest BCUT2D eigenvalue weighted by atomic mass is 10.2. The Morgan fingerprint density at radius 1 is 1.35 bits per heavy atom. The molecule has 23 heavy (non-hydrogen) atoms. The van der Waals surface area contributed by atoms with Crippen molar-refractivity contribution in [2.75, 3.05) is 13.1 Å². The molecule has 1 amide bonds. The molecule has 2 aromatic rings. The lowest BCUT2D eigenvalue weighted by Crippen LogP contribution is -2.26. The third kappa shape index (κ3) is 4.13. The van der Waals surface area contributed by atoms with Gasteiger partial charge in [-0.1, -0.05) is 26.0 Å². The summed E-state index contributed by atoms with van der Waals surface area (Å²) in [5, 5.41) is 6.94. The summed E-state index contributed by atoms with van der Waals surface area (Å²) in [6, 6.07) is 6.29. The number of unbranched alkanes of at least 4 members (excludes halogenated alkanes) is 1. The van der Waals surface area contributed by atoms with Gasteiger partial charge in [0.05, 0.1) is 0 Å². The molecule has 0 saturated carbocycles. The summed E-state index contributed by atoms with van der Waals surface area (Å²) >= 11 is 0. The Morgan fingerprint density at radius 3 is 2.74 bits per heavy atom. The van der Waals surface area contributed by atoms with Gasteiger partial charge in [0.25, 0.3) is 5.91 Å². The monoisotopic (exact) mass is 319 g/mol. The zero-order chi connectivity index (χ0) is 16.8. The molecule has 0 aliphatic carbocycles. The number of nitrogens with one attached hydrogen (secondary N) is 1. The SMILES string of the molecule is CC(C)c1nc(C(=O)NCCCCN)nn1-c1ccccc1F. The third-order valence-corrected chi connectivity index (χ3v) is 3.35. The molecular formula is C16H22FN5O. The minimum Gasteiger partial charge on any atom is -0.349 e. The van der Waals surface area contributed by atoms with Crippen molar-refractivity contribution in [3.8, 4) is 5.69 Å². The molecule has 124 valence electrons. The van der Waals surface area contributed by atoms with Crippen LogP contribution in [0.5, 0.6) is 0 Å². The van der Waals surface area contributed by atoms with Crippen LogP contribution in [0.2, 0.25) is 0 Å². The van der Waals surface area contributed by atoms with Crippen LogP contribution < -0.4 is 11.1 Å². The number of carbonyl (C=O) groups excluding carboxylic acids is 1. The van der Waals surface area contributed by atoms with Crippen molar-refractivity contribution in [1.82, 2.24) is 20.1 Å². The van der Waals surface area contributed by atoms with Crippen molar-refractivity contribution in [1.29, 1.82) is 0 Å². The number of amides is 1. The van der Waals surface area contributed by atoms with Gasteiger partial charge in [0.1, 0.15) is 17.3 Å². The van der Waals surface area contributed by atoms with Crippen LogP contribution in [-0.4, -0.2) is 33.8 Å². The number of aromatic nitrogens is 3. The van der Waals surface area contributed by atoms with Crippen molar-refractivity contribution in [3.05, 3.63) is 41.7 Å². The first-order valence-electron chi connectivity index (χ1n) is 7.74. The molecule has 2 rings (SSSR count). The first-order valence-corrected chi connectivity index (χ1v) is 7.74. The summed E-state index contributed by atoms with van der Waals surface area (Å²) in [5.41, 5.74) is 5.70. The van der Waals surface area contributed by atoms with E-state index in [2.05, 4.69) is 15.4 Å². The maximum absolute atomic E-state index is 14.0. The zero-order valence-corrected chi connectivity index (χ0v) is 13.4. The van der Waals surface area contributed by atoms with Crippen LogP contribution in [-0.2, 0) is 0 Å². The Labute approximate surface area is 134 Å². The summed E-state index contributed by atoms with van der Waals surface area (Å²) in [5.74, 6) is -0.180. The highest BCUT2D eigenvalue weighted by Crippen LogP contribution is 2.19. The zero-order valence-electron chi connectivity index (χ0n) is 13.4. The first-order chi connectivity index (χ1) is 11.0. The maximum atomic E-state index is 14.0. The molecule has 0 aliphatic heterocycles. The molecule has 0 bridgehead atoms. The molecule has 0 unspecified atom stereocenters. The number of nitrogens with zero attached hydrogens (tertiary/aromatic N) is 3. The number of para-hydroxylation sites is 1. The molecule has 3 N–H and O–H groups in total. The molecule has 0 radical (unpaired) electrons. The average Bonchev–Trinajstić information content (AvgIpc) is 2.97. The molecule has 1 aromatic carbocycles. The van der Waals surface area contributed by atoms with Crippen LogP contribution in [0.4, 0.5) is 4.39 Å². The number of rotatable bonds is 7. The van der Waals surface area contributed by atoms with Gasteiger partial charge in [-0.3, -0.25) is 4.79 Å². The van der Waals surface area contributed by atoms with Crippen LogP contribution in [0.15, 0.2) is 24.3 Å². The van der Waals surface area contributed by atoms with Crippen molar-refractivity contribution in [3.63, 3.8) is 0 Å². The fraction of sp³-hybridized carbons (Fsp3) is 0.438. The Balaban J connectivity index is 2.25. The molecule has 0 spiro atoms. The van der Waals surface area contributed by atoms with Crippen LogP contribution >= 0.6 is 0 Å². The van der Waals surface area contributed by atoms with Crippen LogP contribution in [0.3, 0.4) is 0 Å². The van der Waals surface area contributed by atoms with Crippen LogP contribution in [0.25, 0.3) is 5.69 Å². The second kappa shape index (κ2) is 7.82. The highest BCUT2D eigenvalue weighted by atomic mass is 19.1. The number of carbonyl (C=O) groups is 1. The molecule has 0 atom stereocenters. The quantitative estimate of drug-likeness (QED) is 0.764. The van der Waals surface area contributed by atoms with Gasteiger partial charge >= 0.3 is 0 Å². The number of hydrogen-bond donors (Lipinski definition) is 2. The van der Waals surface area contributed by atoms with E-state index in [0.29, 0.717) is 18.9 Å². The standard InChI is InChI=1S/C16H22FN5O/c1-11(2)15-20-14(16(23)19-10-6-5-9-18)21-22(15)13-8-4-3-7-12(13)17/h3-4,7-8,11H,5-6,9-10,18H2,1-2H3,(H,19,23). The molecule has 0 saturated heterocycles. The number of nitrogens with two attached hydrogens (primary N) is 1. The van der Waals surface area contributed by atoms with E-state index in [1.54, 1.807) is 18.2 Å². The van der Waals surface area contributed by atoms with E-state index in [0.717, 1.165) is 12.8 Å². The number of benzene rings is 1. The molecule has 0 fully saturated rings. The molecular weight excluding hydrogens is 297 g/mol. The predicted molar refractivity (Wildman–Crippen MR) is 86.0 cm³/mol. The van der Waals surface area contributed by atoms with Gasteiger partial charge in [-0.15, -0.1) is 5.10 Å². The summed E-state index contributed by atoms with van der Waals surface area (Å²) in [6.45, 7) is 4.95. The smallest absolute Gasteiger partial charge is 0.290 e. The van der Waals surface area contributed by atoms with Gasteiger partial charge in [-0.2, -0.15) is 0 Å². The predicted octanol–water partition coefficient (Wildman–Crippen LogP) is 2.00. The van der Waals surface area contributed by atoms with Gasteiger partial charge in [0, 0.05) is 12.5 Å². The second-order valence-electron chi connectivity index (χ2n) is 5.56. The summed E-state index contributed by atoms with van der Waals surface area (Å²) in [4.78, 5) is 16.4. The lowest BCUT2D eigenvalue weighted by Gasteiger charge is -2.08. The van der Waals surface area contributed by atoms with E-state index in [1.165, 1.54) is 10.7 Å². The van der Waals surface area contributed by atoms with Gasteiger partial charge in [0.15, 0.2) is 0 Å². The molecule has 1 aromatic heterocycles. The normalized spacial score (nSPS) is 11.0. The topological polar surface area (TPSA) is 85.8 Å². The van der Waals surface area contributed by atoms with E-state index >= 15 is 0 Å². The van der Waals surface area contributed by atoms with Gasteiger partial charge < -0.3 is 11.1 Å². The third-order valence-electron chi connectivity index (χ3n) is 3.35. The van der Waals surface area contributed by atoms with E-state index in [4.69, 9.17) is 5.73 Å². The Kier molecular flexibility index (Phi) is 5.81. The Hall–Kier alpha value is -2.28. The highest BCUT2D eigenvalue weighted by Gasteiger charge is 2.20. The number of halogens is 1. The number of hydrogen-bond acceptors (Lipinski definition) is 4. The largest absolute Gasteiger partial charge is 0.349 e. The van der Waals surface area contributed by atoms with Gasteiger partial charge in [0.2, 0.25) is 5.82 Å². The summed E-state index contributed by atoms with van der Waals surface area (Å²) < 4.78 is 15.4. The summed E-state index contributed by atoms with van der Waals surface area (Å²) in [7, 11) is 0. The van der Waals surface area contributed by atoms with E-state index in [-0.39, 0.29) is 23.3 Å². The molecule has 6 nitrogen and oxygen atoms in total. The van der Waals surface area contributed by atoms with E-state index in [9.17, 15) is 9.18 Å². The maximum Gasteiger partial charge on any atom is 0.290 e. The average molecular weight is 319 g/mol. The Bertz CT molecular complexity index is 668. The van der Waals surface area contributed by atoms with Crippen molar-refractivity contribution in [2.24, 2.45) is 5.73 Å². The molecule has 7 heteroatoms. The van der Waals surface area contributed by atoms with Crippen molar-refractivity contribution in [2.45, 2.75) is 32.6 Å². The minimum absolute atomic E-state index is 0.000830. The first kappa shape index (κ1) is 17.1. The van der Waals surface area contributed by atoms with Gasteiger partial charge in [-0.05, 0) is 31.5 Å². The second-order valence-corrected chi connectivity index (χ2v) is 5.56. The van der Waals surface area contributed by atoms with Crippen LogP contribution in [0, 0.1) is 5.82 Å². The fourth-order valence-corrected chi connectivity index (χ4v) is 2.15. The van der Waals surface area contributed by atoms with E-state index < -0.39 is 5.82 Å². The Morgan fingerprint density at radius 2 is 2.09 bits per heavy atom. The van der Waals surface area contributed by atoms with Crippen molar-refractivity contribution < 1.29 is 9.18 Å². The van der Waals surface area contributed by atoms with E-state index in [1.807, 2.05) is 13.8 Å². The summed E-state index contributed by atoms with van der Waals surface area (Å²) in [6.07, 6.45) is 1.64. The van der Waals surface area contributed by atoms with Gasteiger partial charge in [-0.25, -0.2) is 14.1 Å². The highest BCUT2D eigenvalue weighted by molar-refractivity contribution is 5.90. The lowest BCUT2D eigenvalue weighted by molar-refractivity contribution is 0.0942. The molecule has 1 heterocycles. The van der Waals surface area contributed by atoms with Crippen LogP contribution in [0.1, 0.15) is 49.1 Å². The fourth-order valence-electron chi connectivity index (χ4n) is 2.15.